The normalized spacial score (nSPS) is 10.4. The summed E-state index contributed by atoms with van der Waals surface area (Å²) in [5.74, 6) is 0. The van der Waals surface area contributed by atoms with E-state index in [1.807, 2.05) is 0 Å². The predicted molar refractivity (Wildman–Crippen MR) is 47.6 cm³/mol. The highest BCUT2D eigenvalue weighted by molar-refractivity contribution is 7.16. The van der Waals surface area contributed by atoms with Gasteiger partial charge in [0.2, 0.25) is 0 Å². The van der Waals surface area contributed by atoms with E-state index < -0.39 is 7.01 Å². The van der Waals surface area contributed by atoms with E-state index in [4.69, 9.17) is 10.0 Å². The van der Waals surface area contributed by atoms with E-state index in [2.05, 4.69) is 25.1 Å². The molecule has 10 heteroatoms. The van der Waals surface area contributed by atoms with E-state index in [-0.39, 0.29) is 35.1 Å². The largest absolute Gasteiger partial charge is 0.518 e. The first-order chi connectivity index (χ1) is 4.22. The minimum absolute atomic E-state index is 0. The fourth-order valence-electron chi connectivity index (χ4n) is 0.228. The average molecular weight is 207 g/mol. The summed E-state index contributed by atoms with van der Waals surface area (Å²) in [6, 6.07) is 0. The lowest BCUT2D eigenvalue weighted by Gasteiger charge is -1.78. The third-order valence-electron chi connectivity index (χ3n) is 0.692. The van der Waals surface area contributed by atoms with E-state index in [1.165, 1.54) is 0 Å². The maximum absolute atomic E-state index is 8.12. The first-order valence-electron chi connectivity index (χ1n) is 2.43. The van der Waals surface area contributed by atoms with E-state index >= 15 is 0 Å². The van der Waals surface area contributed by atoms with Gasteiger partial charge in [-0.2, -0.15) is 0 Å². The molecule has 1 saturated heterocycles. The van der Waals surface area contributed by atoms with Crippen molar-refractivity contribution in [3.63, 3.8) is 0 Å². The number of rotatable bonds is 1. The lowest BCUT2D eigenvalue weighted by atomic mass is 9.43. The third kappa shape index (κ3) is 17.2. The Kier molecular flexibility index (Phi) is 27.9. The number of hydrogen-bond acceptors (Lipinski definition) is 4. The van der Waals surface area contributed by atoms with Gasteiger partial charge >= 0.3 is 30.4 Å². The van der Waals surface area contributed by atoms with Crippen LogP contribution in [0.4, 0.5) is 0 Å². The maximum atomic E-state index is 8.12. The van der Waals surface area contributed by atoms with E-state index in [0.717, 1.165) is 0 Å². The van der Waals surface area contributed by atoms with E-state index in [9.17, 15) is 0 Å². The molecule has 0 amide bonds. The van der Waals surface area contributed by atoms with Gasteiger partial charge in [-0.25, -0.2) is 0 Å². The summed E-state index contributed by atoms with van der Waals surface area (Å²) in [6.45, 7) is 0.211. The molecule has 1 rings (SSSR count). The molecule has 6 N–H and O–H groups in total. The molecule has 1 aliphatic heterocycles. The van der Waals surface area contributed by atoms with Gasteiger partial charge in [0.1, 0.15) is 0 Å². The first kappa shape index (κ1) is 23.1. The fourth-order valence-corrected chi connectivity index (χ4v) is 0.228. The molecular formula is C2H11Al2B2O6. The number of hydrogen-bond donors (Lipinski definition) is 2. The van der Waals surface area contributed by atoms with Crippen LogP contribution in [-0.4, -0.2) is 82.4 Å². The van der Waals surface area contributed by atoms with Crippen molar-refractivity contribution in [2.45, 2.75) is 0 Å². The van der Waals surface area contributed by atoms with Crippen LogP contribution in [-0.2, 0) is 8.44 Å². The van der Waals surface area contributed by atoms with Gasteiger partial charge in [0, 0.05) is 31.0 Å². The summed E-state index contributed by atoms with van der Waals surface area (Å²) in [6.07, 6.45) is 0. The minimum Gasteiger partial charge on any atom is -0.518 e. The van der Waals surface area contributed by atoms with Gasteiger partial charge in [0.25, 0.3) is 0 Å². The Morgan fingerprint density at radius 1 is 1.50 bits per heavy atom. The molecule has 1 heterocycles. The Bertz CT molecular complexity index is 72.6. The molecule has 0 aromatic carbocycles. The Hall–Kier alpha value is 0.955. The fraction of sp³-hybridized carbons (Fsp3) is 1.00. The first-order valence-corrected chi connectivity index (χ1v) is 2.90. The van der Waals surface area contributed by atoms with Crippen LogP contribution in [0.2, 0.25) is 0 Å². The van der Waals surface area contributed by atoms with Crippen molar-refractivity contribution in [1.82, 2.24) is 0 Å². The molecule has 12 heavy (non-hydrogen) atoms. The Morgan fingerprint density at radius 2 is 1.75 bits per heavy atom. The molecule has 5 radical (unpaired) electrons. The predicted octanol–water partition coefficient (Wildman–Crippen LogP) is -4.22. The molecule has 0 bridgehead atoms. The lowest BCUT2D eigenvalue weighted by Crippen LogP contribution is -2.23. The standard InChI is InChI=1S/CH4B2O3.CH3O.2Al.2H2O/c4-3(5)2-1-6-2;1-2;;;;/h4-5H,1H2;1H3;;;2*1H2/q;-1;;+1;;. The molecule has 0 aromatic rings. The van der Waals surface area contributed by atoms with Gasteiger partial charge in [-0.1, -0.05) is 0 Å². The monoisotopic (exact) mass is 207 g/mol. The highest BCUT2D eigenvalue weighted by Crippen LogP contribution is 2.02. The van der Waals surface area contributed by atoms with Crippen LogP contribution in [0, 0.1) is 0 Å². The van der Waals surface area contributed by atoms with Crippen molar-refractivity contribution in [1.29, 1.82) is 0 Å². The topological polar surface area (TPSA) is 125 Å². The summed E-state index contributed by atoms with van der Waals surface area (Å²) in [7, 11) is 0.329. The second-order valence-corrected chi connectivity index (χ2v) is 1.99. The molecule has 0 aromatic heterocycles. The summed E-state index contributed by atoms with van der Waals surface area (Å²) in [4.78, 5) is 0. The quantitative estimate of drug-likeness (QED) is 0.333. The maximum Gasteiger partial charge on any atom is 0.442 e. The summed E-state index contributed by atoms with van der Waals surface area (Å²) >= 11 is 2.08. The molecule has 0 atom stereocenters. The molecule has 6 nitrogen and oxygen atoms in total. The van der Waals surface area contributed by atoms with E-state index in [0.29, 0.717) is 6.51 Å². The Balaban J connectivity index is -0.0000000489. The van der Waals surface area contributed by atoms with Crippen molar-refractivity contribution in [3.8, 4) is 0 Å². The van der Waals surface area contributed by atoms with Crippen molar-refractivity contribution in [2.75, 3.05) is 13.6 Å². The van der Waals surface area contributed by atoms with Gasteiger partial charge in [-0.05, 0) is 0 Å². The zero-order chi connectivity index (χ0) is 7.28. The molecule has 0 spiro atoms. The van der Waals surface area contributed by atoms with Crippen molar-refractivity contribution in [2.24, 2.45) is 0 Å². The molecule has 67 valence electrons. The van der Waals surface area contributed by atoms with Crippen LogP contribution in [0.15, 0.2) is 0 Å². The highest BCUT2D eigenvalue weighted by atomic mass is 27.1. The van der Waals surface area contributed by atoms with Crippen LogP contribution in [0.25, 0.3) is 0 Å². The van der Waals surface area contributed by atoms with Crippen LogP contribution in [0.1, 0.15) is 0 Å². The molecular weight excluding hydrogens is 196 g/mol. The van der Waals surface area contributed by atoms with Crippen LogP contribution in [0.5, 0.6) is 0 Å². The van der Waals surface area contributed by atoms with Gasteiger partial charge in [0.15, 0.2) is 0 Å². The zero-order valence-corrected chi connectivity index (χ0v) is 9.04. The SMILES string of the molecule is C[O][Al].O.O.OB(O)B1CO1.[Al]. The smallest absolute Gasteiger partial charge is 0.442 e. The second kappa shape index (κ2) is 14.5. The molecule has 0 saturated carbocycles. The minimum atomic E-state index is -1.26. The molecule has 0 unspecified atom stereocenters. The van der Waals surface area contributed by atoms with Gasteiger partial charge in [0.05, 0.1) is 0 Å². The summed E-state index contributed by atoms with van der Waals surface area (Å²) < 4.78 is 8.64. The van der Waals surface area contributed by atoms with Crippen LogP contribution in [0.3, 0.4) is 0 Å². The highest BCUT2D eigenvalue weighted by Gasteiger charge is 2.41. The van der Waals surface area contributed by atoms with Crippen molar-refractivity contribution < 1.29 is 29.4 Å². The van der Waals surface area contributed by atoms with E-state index in [1.54, 1.807) is 7.11 Å². The van der Waals surface area contributed by atoms with Crippen molar-refractivity contribution in [3.05, 3.63) is 0 Å². The van der Waals surface area contributed by atoms with Gasteiger partial charge in [-0.3, -0.25) is 0 Å². The zero-order valence-electron chi connectivity index (χ0n) is 6.73. The molecule has 1 fully saturated rings. The Morgan fingerprint density at radius 3 is 1.75 bits per heavy atom. The van der Waals surface area contributed by atoms with Gasteiger partial charge < -0.3 is 29.4 Å². The lowest BCUT2D eigenvalue weighted by molar-refractivity contribution is 0.428. The molecule has 1 aliphatic rings. The average Bonchev–Trinajstić information content (AvgIpc) is 2.44. The molecule has 0 aliphatic carbocycles. The summed E-state index contributed by atoms with van der Waals surface area (Å²) in [5.41, 5.74) is 0. The third-order valence-corrected chi connectivity index (χ3v) is 0.692. The van der Waals surface area contributed by atoms with Gasteiger partial charge in [-0.15, -0.1) is 0 Å². The van der Waals surface area contributed by atoms with Crippen LogP contribution < -0.4 is 0 Å². The summed E-state index contributed by atoms with van der Waals surface area (Å²) in [5, 5.41) is 16.2. The van der Waals surface area contributed by atoms with Crippen LogP contribution >= 0.6 is 0 Å². The Labute approximate surface area is 91.0 Å². The second-order valence-electron chi connectivity index (χ2n) is 1.52. The van der Waals surface area contributed by atoms with Crippen molar-refractivity contribution >= 4 is 47.8 Å².